The molecule has 0 aromatic rings. The highest BCUT2D eigenvalue weighted by molar-refractivity contribution is 9.09. The highest BCUT2D eigenvalue weighted by Gasteiger charge is 2.29. The van der Waals surface area contributed by atoms with Crippen molar-refractivity contribution in [2.24, 2.45) is 5.92 Å². The lowest BCUT2D eigenvalue weighted by molar-refractivity contribution is -0.132. The van der Waals surface area contributed by atoms with E-state index in [1.54, 1.807) is 0 Å². The third kappa shape index (κ3) is 8.14. The minimum atomic E-state index is -0.108. The molecule has 0 aromatic carbocycles. The van der Waals surface area contributed by atoms with Crippen molar-refractivity contribution in [3.63, 3.8) is 0 Å². The number of halogens is 1. The Hall–Kier alpha value is -0.170. The van der Waals surface area contributed by atoms with Gasteiger partial charge >= 0.3 is 0 Å². The fourth-order valence-electron chi connectivity index (χ4n) is 2.32. The number of amides is 1. The first-order valence-corrected chi connectivity index (χ1v) is 8.94. The first-order valence-electron chi connectivity index (χ1n) is 7.81. The molecule has 6 heteroatoms. The fraction of sp³-hybridized carbons (Fsp3) is 0.933. The van der Waals surface area contributed by atoms with Crippen LogP contribution in [0.3, 0.4) is 0 Å². The molecule has 1 amide bonds. The summed E-state index contributed by atoms with van der Waals surface area (Å²) in [5, 5.41) is 3.95. The third-order valence-corrected chi connectivity index (χ3v) is 4.03. The number of carbonyl (C=O) groups excluding carboxylic acids is 1. The van der Waals surface area contributed by atoms with E-state index >= 15 is 0 Å². The number of hydrogen-bond donors (Lipinski definition) is 1. The number of ether oxygens (including phenoxy) is 3. The van der Waals surface area contributed by atoms with E-state index in [1.165, 1.54) is 6.42 Å². The van der Waals surface area contributed by atoms with Crippen molar-refractivity contribution in [2.45, 2.75) is 45.3 Å². The van der Waals surface area contributed by atoms with Gasteiger partial charge in [0.2, 0.25) is 5.91 Å². The highest BCUT2D eigenvalue weighted by atomic mass is 79.9. The largest absolute Gasteiger partial charge is 0.380 e. The van der Waals surface area contributed by atoms with E-state index in [0.717, 1.165) is 24.1 Å². The molecule has 0 atom stereocenters. The van der Waals surface area contributed by atoms with Crippen molar-refractivity contribution in [1.82, 2.24) is 5.32 Å². The van der Waals surface area contributed by atoms with Crippen LogP contribution in [-0.4, -0.2) is 56.4 Å². The molecule has 1 aliphatic rings. The van der Waals surface area contributed by atoms with E-state index in [1.807, 2.05) is 13.8 Å². The van der Waals surface area contributed by atoms with Gasteiger partial charge in [0.15, 0.2) is 0 Å². The van der Waals surface area contributed by atoms with Gasteiger partial charge in [0.25, 0.3) is 0 Å². The summed E-state index contributed by atoms with van der Waals surface area (Å²) in [5.74, 6) is 0.657. The molecular formula is C15H28BrNO4. The Morgan fingerprint density at radius 3 is 2.38 bits per heavy atom. The smallest absolute Gasteiger partial charge is 0.246 e. The Morgan fingerprint density at radius 2 is 1.86 bits per heavy atom. The average Bonchev–Trinajstić information content (AvgIpc) is 2.44. The molecule has 1 aliphatic carbocycles. The summed E-state index contributed by atoms with van der Waals surface area (Å²) in [7, 11) is 0. The van der Waals surface area contributed by atoms with Crippen molar-refractivity contribution in [3.8, 4) is 0 Å². The molecule has 1 rings (SSSR count). The van der Waals surface area contributed by atoms with Crippen LogP contribution in [0.1, 0.15) is 33.1 Å². The minimum absolute atomic E-state index is 0.0941. The maximum absolute atomic E-state index is 11.9. The number of nitrogens with one attached hydrogen (secondary N) is 1. The zero-order valence-electron chi connectivity index (χ0n) is 13.1. The molecule has 0 heterocycles. The number of rotatable bonds is 12. The summed E-state index contributed by atoms with van der Waals surface area (Å²) < 4.78 is 16.3. The standard InChI is InChI=1S/C15H28BrNO4/c1-3-19-9-13(10-20-4-2)17-15(18)11-21-14-7-12(8-14)5-6-16/h12-14H,3-11H2,1-2H3,(H,17,18). The summed E-state index contributed by atoms with van der Waals surface area (Å²) >= 11 is 3.45. The van der Waals surface area contributed by atoms with Crippen LogP contribution in [0.4, 0.5) is 0 Å². The van der Waals surface area contributed by atoms with Crippen LogP contribution in [0.2, 0.25) is 0 Å². The Kier molecular flexibility index (Phi) is 10.3. The molecule has 21 heavy (non-hydrogen) atoms. The second-order valence-corrected chi connectivity index (χ2v) is 6.12. The van der Waals surface area contributed by atoms with Gasteiger partial charge in [-0.15, -0.1) is 0 Å². The monoisotopic (exact) mass is 365 g/mol. The van der Waals surface area contributed by atoms with Gasteiger partial charge in [-0.3, -0.25) is 4.79 Å². The van der Waals surface area contributed by atoms with Crippen molar-refractivity contribution in [3.05, 3.63) is 0 Å². The maximum Gasteiger partial charge on any atom is 0.246 e. The van der Waals surface area contributed by atoms with E-state index in [0.29, 0.717) is 26.4 Å². The van der Waals surface area contributed by atoms with Crippen LogP contribution in [-0.2, 0) is 19.0 Å². The third-order valence-electron chi connectivity index (χ3n) is 3.57. The molecular weight excluding hydrogens is 338 g/mol. The van der Waals surface area contributed by atoms with Gasteiger partial charge < -0.3 is 19.5 Å². The SMILES string of the molecule is CCOCC(COCC)NC(=O)COC1CC(CCBr)C1. The van der Waals surface area contributed by atoms with E-state index in [4.69, 9.17) is 14.2 Å². The van der Waals surface area contributed by atoms with Crippen molar-refractivity contribution >= 4 is 21.8 Å². The summed E-state index contributed by atoms with van der Waals surface area (Å²) in [6.07, 6.45) is 3.58. The van der Waals surface area contributed by atoms with Crippen molar-refractivity contribution < 1.29 is 19.0 Å². The quantitative estimate of drug-likeness (QED) is 0.538. The minimum Gasteiger partial charge on any atom is -0.380 e. The molecule has 124 valence electrons. The van der Waals surface area contributed by atoms with Gasteiger partial charge in [-0.2, -0.15) is 0 Å². The van der Waals surface area contributed by atoms with Gasteiger partial charge in [-0.05, 0) is 39.0 Å². The van der Waals surface area contributed by atoms with E-state index in [9.17, 15) is 4.79 Å². The van der Waals surface area contributed by atoms with Crippen LogP contribution in [0, 0.1) is 5.92 Å². The van der Waals surface area contributed by atoms with Gasteiger partial charge in [0, 0.05) is 18.5 Å². The van der Waals surface area contributed by atoms with E-state index < -0.39 is 0 Å². The van der Waals surface area contributed by atoms with Crippen molar-refractivity contribution in [2.75, 3.05) is 38.4 Å². The predicted molar refractivity (Wildman–Crippen MR) is 85.8 cm³/mol. The summed E-state index contributed by atoms with van der Waals surface area (Å²) in [4.78, 5) is 11.9. The van der Waals surface area contributed by atoms with Crippen LogP contribution in [0.15, 0.2) is 0 Å². The molecule has 0 saturated heterocycles. The normalized spacial score (nSPS) is 21.3. The maximum atomic E-state index is 11.9. The fourth-order valence-corrected chi connectivity index (χ4v) is 2.96. The Balaban J connectivity index is 2.14. The number of carbonyl (C=O) groups is 1. The van der Waals surface area contributed by atoms with Gasteiger partial charge in [-0.1, -0.05) is 15.9 Å². The van der Waals surface area contributed by atoms with Crippen molar-refractivity contribution in [1.29, 1.82) is 0 Å². The predicted octanol–water partition coefficient (Wildman–Crippen LogP) is 2.12. The van der Waals surface area contributed by atoms with Gasteiger partial charge in [-0.25, -0.2) is 0 Å². The van der Waals surface area contributed by atoms with Crippen LogP contribution < -0.4 is 5.32 Å². The van der Waals surface area contributed by atoms with E-state index in [2.05, 4.69) is 21.2 Å². The second kappa shape index (κ2) is 11.4. The molecule has 0 unspecified atom stereocenters. The zero-order valence-corrected chi connectivity index (χ0v) is 14.7. The Bertz CT molecular complexity index is 277. The van der Waals surface area contributed by atoms with Gasteiger partial charge in [0.05, 0.1) is 25.4 Å². The molecule has 0 bridgehead atoms. The molecule has 0 radical (unpaired) electrons. The summed E-state index contributed by atoms with van der Waals surface area (Å²) in [5.41, 5.74) is 0. The molecule has 0 spiro atoms. The summed E-state index contributed by atoms with van der Waals surface area (Å²) in [6, 6.07) is -0.108. The lowest BCUT2D eigenvalue weighted by Gasteiger charge is -2.34. The zero-order chi connectivity index (χ0) is 15.5. The molecule has 5 nitrogen and oxygen atoms in total. The second-order valence-electron chi connectivity index (χ2n) is 5.33. The first-order chi connectivity index (χ1) is 10.2. The molecule has 1 saturated carbocycles. The average molecular weight is 366 g/mol. The molecule has 0 aromatic heterocycles. The molecule has 1 N–H and O–H groups in total. The molecule has 0 aliphatic heterocycles. The van der Waals surface area contributed by atoms with Gasteiger partial charge in [0.1, 0.15) is 6.61 Å². The van der Waals surface area contributed by atoms with Crippen LogP contribution >= 0.6 is 15.9 Å². The number of alkyl halides is 1. The number of hydrogen-bond acceptors (Lipinski definition) is 4. The lowest BCUT2D eigenvalue weighted by Crippen LogP contribution is -2.44. The lowest BCUT2D eigenvalue weighted by atomic mass is 9.80. The topological polar surface area (TPSA) is 56.8 Å². The van der Waals surface area contributed by atoms with E-state index in [-0.39, 0.29) is 24.7 Å². The highest BCUT2D eigenvalue weighted by Crippen LogP contribution is 2.32. The summed E-state index contributed by atoms with van der Waals surface area (Å²) in [6.45, 7) is 6.20. The van der Waals surface area contributed by atoms with Crippen LogP contribution in [0.25, 0.3) is 0 Å². The van der Waals surface area contributed by atoms with Crippen LogP contribution in [0.5, 0.6) is 0 Å². The Labute approximate surface area is 136 Å². The Morgan fingerprint density at radius 1 is 1.24 bits per heavy atom. The molecule has 1 fully saturated rings. The first kappa shape index (κ1) is 18.9.